The second-order valence-corrected chi connectivity index (χ2v) is 11.5. The van der Waals surface area contributed by atoms with Crippen molar-refractivity contribution in [3.63, 3.8) is 0 Å². The molecular weight excluding hydrogens is 438 g/mol. The van der Waals surface area contributed by atoms with E-state index in [0.29, 0.717) is 23.7 Å². The summed E-state index contributed by atoms with van der Waals surface area (Å²) in [4.78, 5) is 13.7. The van der Waals surface area contributed by atoms with E-state index in [2.05, 4.69) is 18.6 Å². The van der Waals surface area contributed by atoms with Crippen molar-refractivity contribution in [1.29, 1.82) is 0 Å². The van der Waals surface area contributed by atoms with Gasteiger partial charge in [-0.05, 0) is 110 Å². The van der Waals surface area contributed by atoms with Crippen molar-refractivity contribution in [2.75, 3.05) is 7.11 Å². The average Bonchev–Trinajstić information content (AvgIpc) is 3.05. The standard InChI is InChI=1S/C28H36F2O4/c1-27-10-8-19(31)15-18(27)5-6-20-21(27)9-11-28(2)22(20)14-17(25(28)32)12-16-4-7-23(34-26(29)30)24(13-16)33-3/h4,7,12-13,18-22,26,31H,5-6,8-11,14-15H2,1-3H3/b17-12-/t18-,19+,20-,21+,22+,27-,28+/m0/s1. The molecule has 6 heteroatoms. The van der Waals surface area contributed by atoms with Gasteiger partial charge in [-0.25, -0.2) is 0 Å². The zero-order valence-corrected chi connectivity index (χ0v) is 20.4. The van der Waals surface area contributed by atoms with Gasteiger partial charge in [-0.1, -0.05) is 19.9 Å². The molecule has 0 aromatic heterocycles. The number of alkyl halides is 2. The first-order valence-corrected chi connectivity index (χ1v) is 12.7. The Morgan fingerprint density at radius 2 is 1.88 bits per heavy atom. The molecule has 0 spiro atoms. The van der Waals surface area contributed by atoms with Crippen molar-refractivity contribution >= 4 is 11.9 Å². The number of rotatable bonds is 4. The van der Waals surface area contributed by atoms with Crippen LogP contribution in [0, 0.1) is 34.5 Å². The molecule has 4 fully saturated rings. The van der Waals surface area contributed by atoms with Crippen molar-refractivity contribution in [2.24, 2.45) is 34.5 Å². The Bertz CT molecular complexity index is 991. The molecule has 0 amide bonds. The third kappa shape index (κ3) is 3.77. The van der Waals surface area contributed by atoms with Gasteiger partial charge in [0.15, 0.2) is 17.3 Å². The molecule has 0 radical (unpaired) electrons. The van der Waals surface area contributed by atoms with Crippen molar-refractivity contribution in [1.82, 2.24) is 0 Å². The summed E-state index contributed by atoms with van der Waals surface area (Å²) in [7, 11) is 1.42. The monoisotopic (exact) mass is 474 g/mol. The number of ketones is 1. The number of hydrogen-bond acceptors (Lipinski definition) is 4. The third-order valence-corrected chi connectivity index (χ3v) is 10.0. The average molecular weight is 475 g/mol. The van der Waals surface area contributed by atoms with Crippen molar-refractivity contribution in [3.05, 3.63) is 29.3 Å². The number of methoxy groups -OCH3 is 1. The van der Waals surface area contributed by atoms with Crippen LogP contribution in [-0.2, 0) is 4.79 Å². The smallest absolute Gasteiger partial charge is 0.387 e. The lowest BCUT2D eigenvalue weighted by Crippen LogP contribution is -2.54. The highest BCUT2D eigenvalue weighted by atomic mass is 19.3. The highest BCUT2D eigenvalue weighted by Gasteiger charge is 2.61. The van der Waals surface area contributed by atoms with Gasteiger partial charge < -0.3 is 14.6 Å². The lowest BCUT2D eigenvalue weighted by Gasteiger charge is -2.59. The fourth-order valence-corrected chi connectivity index (χ4v) is 8.20. The van der Waals surface area contributed by atoms with Crippen molar-refractivity contribution in [3.8, 4) is 11.5 Å². The number of fused-ring (bicyclic) bond motifs is 5. The second-order valence-electron chi connectivity index (χ2n) is 11.5. The Kier molecular flexibility index (Phi) is 6.02. The third-order valence-electron chi connectivity index (χ3n) is 10.0. The molecular formula is C28H36F2O4. The number of aliphatic hydroxyl groups is 1. The van der Waals surface area contributed by atoms with Gasteiger partial charge in [-0.2, -0.15) is 8.78 Å². The zero-order chi connectivity index (χ0) is 24.3. The summed E-state index contributed by atoms with van der Waals surface area (Å²) in [6, 6.07) is 4.83. The maximum Gasteiger partial charge on any atom is 0.387 e. The summed E-state index contributed by atoms with van der Waals surface area (Å²) in [5, 5.41) is 10.3. The maximum absolute atomic E-state index is 13.7. The number of benzene rings is 1. The number of aliphatic hydroxyl groups excluding tert-OH is 1. The Morgan fingerprint density at radius 1 is 1.09 bits per heavy atom. The van der Waals surface area contributed by atoms with Gasteiger partial charge in [-0.3, -0.25) is 4.79 Å². The normalized spacial score (nSPS) is 40.6. The molecule has 5 rings (SSSR count). The Hall–Kier alpha value is -1.95. The van der Waals surface area contributed by atoms with E-state index in [9.17, 15) is 18.7 Å². The number of carbonyl (C=O) groups excluding carboxylic acids is 1. The summed E-state index contributed by atoms with van der Waals surface area (Å²) in [6.45, 7) is 1.69. The minimum Gasteiger partial charge on any atom is -0.493 e. The van der Waals surface area contributed by atoms with E-state index in [0.717, 1.165) is 62.5 Å². The Balaban J connectivity index is 1.41. The van der Waals surface area contributed by atoms with E-state index >= 15 is 0 Å². The lowest BCUT2D eigenvalue weighted by atomic mass is 9.45. The summed E-state index contributed by atoms with van der Waals surface area (Å²) in [6.07, 6.45) is 9.76. The van der Waals surface area contributed by atoms with Crippen LogP contribution in [-0.4, -0.2) is 30.7 Å². The van der Waals surface area contributed by atoms with E-state index in [4.69, 9.17) is 4.74 Å². The second kappa shape index (κ2) is 8.61. The van der Waals surface area contributed by atoms with Crippen LogP contribution in [0.25, 0.3) is 6.08 Å². The molecule has 1 aromatic carbocycles. The molecule has 1 aromatic rings. The molecule has 4 aliphatic rings. The van der Waals surface area contributed by atoms with Gasteiger partial charge in [0, 0.05) is 5.41 Å². The van der Waals surface area contributed by atoms with Crippen LogP contribution in [0.1, 0.15) is 70.8 Å². The van der Waals surface area contributed by atoms with Crippen LogP contribution in [0.4, 0.5) is 8.78 Å². The van der Waals surface area contributed by atoms with Gasteiger partial charge in [0.1, 0.15) is 0 Å². The predicted octanol–water partition coefficient (Wildman–Crippen LogP) is 6.26. The maximum atomic E-state index is 13.7. The van der Waals surface area contributed by atoms with Gasteiger partial charge in [0.25, 0.3) is 0 Å². The van der Waals surface area contributed by atoms with E-state index in [-0.39, 0.29) is 34.2 Å². The number of halogens is 2. The quantitative estimate of drug-likeness (QED) is 0.523. The summed E-state index contributed by atoms with van der Waals surface area (Å²) in [5.74, 6) is 2.57. The minimum absolute atomic E-state index is 0.0107. The first kappa shape index (κ1) is 23.8. The topological polar surface area (TPSA) is 55.8 Å². The molecule has 0 heterocycles. The van der Waals surface area contributed by atoms with Crippen molar-refractivity contribution < 1.29 is 28.2 Å². The molecule has 4 nitrogen and oxygen atoms in total. The summed E-state index contributed by atoms with van der Waals surface area (Å²) < 4.78 is 35.1. The zero-order valence-electron chi connectivity index (χ0n) is 20.4. The fraction of sp³-hybridized carbons (Fsp3) is 0.679. The summed E-state index contributed by atoms with van der Waals surface area (Å²) in [5.41, 5.74) is 1.54. The molecule has 34 heavy (non-hydrogen) atoms. The molecule has 0 bridgehead atoms. The molecule has 4 aliphatic carbocycles. The van der Waals surface area contributed by atoms with Crippen LogP contribution in [0.3, 0.4) is 0 Å². The minimum atomic E-state index is -2.92. The molecule has 7 atom stereocenters. The number of carbonyl (C=O) groups is 1. The largest absolute Gasteiger partial charge is 0.493 e. The number of allylic oxidation sites excluding steroid dienone is 1. The molecule has 1 N–H and O–H groups in total. The Labute approximate surface area is 200 Å². The highest BCUT2D eigenvalue weighted by Crippen LogP contribution is 2.66. The SMILES string of the molecule is COc1cc(/C=C2/C[C@@H]3[C@H]4CC[C@H]5C[C@H](O)CC[C@]5(C)[C@@H]4CC[C@@]3(C)C2=O)ccc1OC(F)F. The van der Waals surface area contributed by atoms with Gasteiger partial charge in [0.05, 0.1) is 13.2 Å². The summed E-state index contributed by atoms with van der Waals surface area (Å²) >= 11 is 0. The van der Waals surface area contributed by atoms with Gasteiger partial charge in [-0.15, -0.1) is 0 Å². The van der Waals surface area contributed by atoms with Crippen LogP contribution in [0.2, 0.25) is 0 Å². The molecule has 186 valence electrons. The van der Waals surface area contributed by atoms with Crippen molar-refractivity contribution in [2.45, 2.75) is 77.9 Å². The Morgan fingerprint density at radius 3 is 2.62 bits per heavy atom. The van der Waals surface area contributed by atoms with E-state index in [1.165, 1.54) is 13.2 Å². The van der Waals surface area contributed by atoms with Crippen LogP contribution < -0.4 is 9.47 Å². The van der Waals surface area contributed by atoms with Gasteiger partial charge >= 0.3 is 6.61 Å². The molecule has 4 saturated carbocycles. The number of ether oxygens (including phenoxy) is 2. The van der Waals surface area contributed by atoms with Crippen LogP contribution in [0.15, 0.2) is 23.8 Å². The van der Waals surface area contributed by atoms with E-state index < -0.39 is 6.61 Å². The first-order chi connectivity index (χ1) is 16.2. The van der Waals surface area contributed by atoms with E-state index in [1.807, 2.05) is 6.08 Å². The highest BCUT2D eigenvalue weighted by molar-refractivity contribution is 6.06. The molecule has 0 unspecified atom stereocenters. The lowest BCUT2D eigenvalue weighted by molar-refractivity contribution is -0.141. The van der Waals surface area contributed by atoms with Crippen LogP contribution in [0.5, 0.6) is 11.5 Å². The fourth-order valence-electron chi connectivity index (χ4n) is 8.20. The first-order valence-electron chi connectivity index (χ1n) is 12.7. The number of Topliss-reactive ketones (excluding diaryl/α,β-unsaturated/α-hetero) is 1. The predicted molar refractivity (Wildman–Crippen MR) is 126 cm³/mol. The molecule has 0 aliphatic heterocycles. The van der Waals surface area contributed by atoms with Crippen LogP contribution >= 0.6 is 0 Å². The van der Waals surface area contributed by atoms with Gasteiger partial charge in [0.2, 0.25) is 0 Å². The van der Waals surface area contributed by atoms with E-state index in [1.54, 1.807) is 12.1 Å². The number of hydrogen-bond donors (Lipinski definition) is 1. The molecule has 0 saturated heterocycles.